The van der Waals surface area contributed by atoms with Gasteiger partial charge in [0.25, 0.3) is 0 Å². The van der Waals surface area contributed by atoms with Crippen molar-refractivity contribution in [2.75, 3.05) is 0 Å². The van der Waals surface area contributed by atoms with E-state index >= 15 is 0 Å². The van der Waals surface area contributed by atoms with Crippen molar-refractivity contribution in [3.63, 3.8) is 0 Å². The summed E-state index contributed by atoms with van der Waals surface area (Å²) in [7, 11) is 0. The van der Waals surface area contributed by atoms with Crippen LogP contribution in [-0.2, 0) is 9.53 Å². The molecule has 2 aliphatic carbocycles. The first-order chi connectivity index (χ1) is 8.28. The van der Waals surface area contributed by atoms with Crippen molar-refractivity contribution in [2.24, 2.45) is 23.5 Å². The third kappa shape index (κ3) is 2.49. The summed E-state index contributed by atoms with van der Waals surface area (Å²) < 4.78 is 5.21. The predicted octanol–water partition coefficient (Wildman–Crippen LogP) is 1.19. The van der Waals surface area contributed by atoms with Gasteiger partial charge >= 0.3 is 6.09 Å². The summed E-state index contributed by atoms with van der Waals surface area (Å²) >= 11 is 0. The van der Waals surface area contributed by atoms with Crippen LogP contribution in [0, 0.1) is 17.8 Å². The Morgan fingerprint density at radius 2 is 1.89 bits per heavy atom. The number of fused-ring (bicyclic) bond motifs is 2. The number of alkyl carbamates (subject to hydrolysis) is 1. The van der Waals surface area contributed by atoms with Gasteiger partial charge in [0.05, 0.1) is 12.0 Å². The molecule has 0 radical (unpaired) electrons. The molecule has 2 bridgehead atoms. The van der Waals surface area contributed by atoms with E-state index in [4.69, 9.17) is 10.5 Å². The zero-order valence-corrected chi connectivity index (χ0v) is 11.0. The monoisotopic (exact) mass is 252 g/mol. The minimum absolute atomic E-state index is 0.160. The van der Waals surface area contributed by atoms with Gasteiger partial charge in [0, 0.05) is 0 Å². The number of nitrogens with one attached hydrogen (secondary N) is 1. The molecule has 0 aromatic rings. The highest BCUT2D eigenvalue weighted by atomic mass is 16.6. The standard InChI is InChI=1S/C13H20N2O3/c1-13(2,3)18-12(17)15-10-8-5-4-7(6-8)9(10)11(14)16/h4-5,7-10H,6H2,1-3H3,(H2,14,16)(H,15,17)/t7-,8+,9+,10+/m1/s1. The van der Waals surface area contributed by atoms with Gasteiger partial charge < -0.3 is 15.8 Å². The van der Waals surface area contributed by atoms with Gasteiger partial charge in [-0.2, -0.15) is 0 Å². The van der Waals surface area contributed by atoms with E-state index < -0.39 is 11.7 Å². The Morgan fingerprint density at radius 1 is 1.28 bits per heavy atom. The Balaban J connectivity index is 2.02. The van der Waals surface area contributed by atoms with Crippen LogP contribution >= 0.6 is 0 Å². The molecule has 2 rings (SSSR count). The van der Waals surface area contributed by atoms with Gasteiger partial charge in [-0.15, -0.1) is 0 Å². The van der Waals surface area contributed by atoms with Gasteiger partial charge in [0.1, 0.15) is 5.60 Å². The maximum Gasteiger partial charge on any atom is 0.407 e. The van der Waals surface area contributed by atoms with Crippen LogP contribution in [0.5, 0.6) is 0 Å². The van der Waals surface area contributed by atoms with Gasteiger partial charge in [-0.05, 0) is 39.0 Å². The molecular weight excluding hydrogens is 232 g/mol. The molecule has 5 nitrogen and oxygen atoms in total. The van der Waals surface area contributed by atoms with Crippen molar-refractivity contribution < 1.29 is 14.3 Å². The molecule has 3 N–H and O–H groups in total. The molecule has 2 amide bonds. The third-order valence-electron chi connectivity index (χ3n) is 3.47. The Morgan fingerprint density at radius 3 is 2.44 bits per heavy atom. The lowest BCUT2D eigenvalue weighted by Gasteiger charge is -2.28. The summed E-state index contributed by atoms with van der Waals surface area (Å²) in [4.78, 5) is 23.2. The lowest BCUT2D eigenvalue weighted by molar-refractivity contribution is -0.123. The topological polar surface area (TPSA) is 81.4 Å². The normalized spacial score (nSPS) is 33.5. The molecule has 0 aromatic heterocycles. The van der Waals surface area contributed by atoms with E-state index in [9.17, 15) is 9.59 Å². The number of nitrogens with two attached hydrogens (primary N) is 1. The van der Waals surface area contributed by atoms with Crippen molar-refractivity contribution in [3.05, 3.63) is 12.2 Å². The number of primary amides is 1. The van der Waals surface area contributed by atoms with Crippen LogP contribution in [0.2, 0.25) is 0 Å². The first kappa shape index (κ1) is 12.9. The fourth-order valence-electron chi connectivity index (χ4n) is 2.85. The second-order valence-electron chi connectivity index (χ2n) is 6.05. The maximum absolute atomic E-state index is 11.7. The highest BCUT2D eigenvalue weighted by Crippen LogP contribution is 2.43. The minimum Gasteiger partial charge on any atom is -0.444 e. The van der Waals surface area contributed by atoms with Crippen LogP contribution in [0.25, 0.3) is 0 Å². The molecule has 0 spiro atoms. The Kier molecular flexibility index (Phi) is 3.09. The van der Waals surface area contributed by atoms with Crippen molar-refractivity contribution >= 4 is 12.0 Å². The number of ether oxygens (including phenoxy) is 1. The Hall–Kier alpha value is -1.52. The number of rotatable bonds is 2. The summed E-state index contributed by atoms with van der Waals surface area (Å²) in [5.41, 5.74) is 4.87. The number of carbonyl (C=O) groups is 2. The highest BCUT2D eigenvalue weighted by Gasteiger charge is 2.48. The molecule has 1 saturated carbocycles. The molecule has 0 heterocycles. The first-order valence-electron chi connectivity index (χ1n) is 6.25. The Labute approximate surface area is 107 Å². The van der Waals surface area contributed by atoms with Gasteiger partial charge in [0.15, 0.2) is 0 Å². The number of hydrogen-bond acceptors (Lipinski definition) is 3. The van der Waals surface area contributed by atoms with Crippen LogP contribution in [0.15, 0.2) is 12.2 Å². The number of amides is 2. The van der Waals surface area contributed by atoms with Gasteiger partial charge in [-0.1, -0.05) is 12.2 Å². The third-order valence-corrected chi connectivity index (χ3v) is 3.47. The van der Waals surface area contributed by atoms with Crippen LogP contribution in [0.3, 0.4) is 0 Å². The van der Waals surface area contributed by atoms with E-state index in [0.29, 0.717) is 0 Å². The van der Waals surface area contributed by atoms with Crippen molar-refractivity contribution in [2.45, 2.75) is 38.8 Å². The van der Waals surface area contributed by atoms with E-state index in [0.717, 1.165) is 6.42 Å². The molecule has 0 aromatic carbocycles. The summed E-state index contributed by atoms with van der Waals surface area (Å²) in [6.45, 7) is 5.41. The lowest BCUT2D eigenvalue weighted by Crippen LogP contribution is -2.48. The minimum atomic E-state index is -0.542. The van der Waals surface area contributed by atoms with E-state index in [2.05, 4.69) is 5.32 Å². The lowest BCUT2D eigenvalue weighted by atomic mass is 9.88. The molecule has 0 unspecified atom stereocenters. The van der Waals surface area contributed by atoms with Crippen molar-refractivity contribution in [1.82, 2.24) is 5.32 Å². The van der Waals surface area contributed by atoms with Gasteiger partial charge in [-0.25, -0.2) is 4.79 Å². The molecule has 18 heavy (non-hydrogen) atoms. The van der Waals surface area contributed by atoms with E-state index in [1.54, 1.807) is 20.8 Å². The van der Waals surface area contributed by atoms with Gasteiger partial charge in [-0.3, -0.25) is 4.79 Å². The molecule has 5 heteroatoms. The van der Waals surface area contributed by atoms with Crippen LogP contribution < -0.4 is 11.1 Å². The highest BCUT2D eigenvalue weighted by molar-refractivity contribution is 5.80. The number of allylic oxidation sites excluding steroid dienone is 1. The molecule has 100 valence electrons. The predicted molar refractivity (Wildman–Crippen MR) is 66.6 cm³/mol. The zero-order valence-electron chi connectivity index (χ0n) is 11.0. The summed E-state index contributed by atoms with van der Waals surface area (Å²) in [5, 5.41) is 2.79. The molecule has 4 atom stereocenters. The second-order valence-corrected chi connectivity index (χ2v) is 6.05. The van der Waals surface area contributed by atoms with Crippen LogP contribution in [-0.4, -0.2) is 23.6 Å². The first-order valence-corrected chi connectivity index (χ1v) is 6.25. The number of hydrogen-bond donors (Lipinski definition) is 2. The molecular formula is C13H20N2O3. The largest absolute Gasteiger partial charge is 0.444 e. The quantitative estimate of drug-likeness (QED) is 0.724. The average Bonchev–Trinajstić information content (AvgIpc) is 2.73. The van der Waals surface area contributed by atoms with Crippen molar-refractivity contribution in [1.29, 1.82) is 0 Å². The fraction of sp³-hybridized carbons (Fsp3) is 0.692. The summed E-state index contributed by atoms with van der Waals surface area (Å²) in [6.07, 6.45) is 4.47. The fourth-order valence-corrected chi connectivity index (χ4v) is 2.85. The second kappa shape index (κ2) is 4.30. The van der Waals surface area contributed by atoms with E-state index in [-0.39, 0.29) is 29.7 Å². The van der Waals surface area contributed by atoms with Crippen molar-refractivity contribution in [3.8, 4) is 0 Å². The summed E-state index contributed by atoms with van der Waals surface area (Å²) in [5.74, 6) is -0.312. The Bertz CT molecular complexity index is 398. The SMILES string of the molecule is CC(C)(C)OC(=O)N[C@@H]1[C@@H](C(N)=O)[C@@H]2C=C[C@H]1C2. The smallest absolute Gasteiger partial charge is 0.407 e. The maximum atomic E-state index is 11.7. The molecule has 1 fully saturated rings. The summed E-state index contributed by atoms with van der Waals surface area (Å²) in [6, 6.07) is -0.229. The molecule has 0 aliphatic heterocycles. The number of carbonyl (C=O) groups excluding carboxylic acids is 2. The molecule has 2 aliphatic rings. The van der Waals surface area contributed by atoms with Gasteiger partial charge in [0.2, 0.25) is 5.91 Å². The van der Waals surface area contributed by atoms with Crippen LogP contribution in [0.4, 0.5) is 4.79 Å². The zero-order chi connectivity index (χ0) is 13.5. The van der Waals surface area contributed by atoms with E-state index in [1.807, 2.05) is 12.2 Å². The van der Waals surface area contributed by atoms with E-state index in [1.165, 1.54) is 0 Å². The molecule has 0 saturated heterocycles. The van der Waals surface area contributed by atoms with Crippen LogP contribution in [0.1, 0.15) is 27.2 Å². The average molecular weight is 252 g/mol.